The predicted octanol–water partition coefficient (Wildman–Crippen LogP) is 4.38. The molecule has 0 aliphatic rings. The van der Waals surface area contributed by atoms with E-state index in [9.17, 15) is 0 Å². The van der Waals surface area contributed by atoms with Crippen molar-refractivity contribution < 1.29 is 52.1 Å². The molecular formula is C42H63NO11. The molecular weight excluding hydrogens is 694 g/mol. The molecule has 12 heteroatoms. The number of nitrogens with one attached hydrogen (secondary N) is 1. The summed E-state index contributed by atoms with van der Waals surface area (Å²) in [5.41, 5.74) is 2.45. The molecule has 12 nitrogen and oxygen atoms in total. The van der Waals surface area contributed by atoms with Gasteiger partial charge >= 0.3 is 0 Å². The first kappa shape index (κ1) is 45.6. The number of hydrogen-bond donors (Lipinski definition) is 1. The number of likely N-dealkylation sites (N-methyl/N-ethyl adjacent to an activating group) is 1. The summed E-state index contributed by atoms with van der Waals surface area (Å²) in [6, 6.07) is 31.0. The summed E-state index contributed by atoms with van der Waals surface area (Å²) < 4.78 is 62.2. The van der Waals surface area contributed by atoms with Crippen LogP contribution in [0.2, 0.25) is 0 Å². The zero-order valence-electron chi connectivity index (χ0n) is 32.2. The normalized spacial score (nSPS) is 11.7. The zero-order chi connectivity index (χ0) is 37.9. The Morgan fingerprint density at radius 2 is 0.537 bits per heavy atom. The highest BCUT2D eigenvalue weighted by Gasteiger charge is 2.37. The molecule has 54 heavy (non-hydrogen) atoms. The third-order valence-electron chi connectivity index (χ3n) is 7.93. The number of rotatable bonds is 37. The van der Waals surface area contributed by atoms with Crippen molar-refractivity contribution in [2.45, 2.75) is 5.60 Å². The predicted molar refractivity (Wildman–Crippen MR) is 207 cm³/mol. The maximum Gasteiger partial charge on any atom is 0.143 e. The second-order valence-corrected chi connectivity index (χ2v) is 11.9. The molecule has 0 radical (unpaired) electrons. The van der Waals surface area contributed by atoms with Crippen LogP contribution in [0.15, 0.2) is 91.0 Å². The lowest BCUT2D eigenvalue weighted by molar-refractivity contribution is -0.0399. The van der Waals surface area contributed by atoms with Gasteiger partial charge in [-0.25, -0.2) is 0 Å². The van der Waals surface area contributed by atoms with E-state index in [1.54, 1.807) is 0 Å². The standard InChI is InChI=1S/C42H63NO11/c1-43-17-18-44-19-20-45-21-22-46-23-24-47-25-26-48-27-28-49-29-30-50-31-32-51-33-34-52-35-36-53-37-38-54-42(39-11-5-2-6-12-39,40-13-7-3-8-14-40)41-15-9-4-10-16-41/h2-16,43H,17-38H2,1H3. The lowest BCUT2D eigenvalue weighted by Crippen LogP contribution is -2.34. The Labute approximate surface area is 322 Å². The van der Waals surface area contributed by atoms with Crippen LogP contribution in [-0.4, -0.2) is 152 Å². The minimum absolute atomic E-state index is 0.417. The zero-order valence-corrected chi connectivity index (χ0v) is 32.2. The van der Waals surface area contributed by atoms with Crippen molar-refractivity contribution in [1.29, 1.82) is 0 Å². The van der Waals surface area contributed by atoms with Crippen molar-refractivity contribution in [3.63, 3.8) is 0 Å². The second kappa shape index (κ2) is 32.4. The monoisotopic (exact) mass is 757 g/mol. The Balaban J connectivity index is 1.06. The average Bonchev–Trinajstić information content (AvgIpc) is 3.22. The molecule has 1 N–H and O–H groups in total. The van der Waals surface area contributed by atoms with Crippen LogP contribution in [-0.2, 0) is 57.7 Å². The van der Waals surface area contributed by atoms with E-state index in [4.69, 9.17) is 52.1 Å². The van der Waals surface area contributed by atoms with Gasteiger partial charge in [0.25, 0.3) is 0 Å². The van der Waals surface area contributed by atoms with Crippen LogP contribution < -0.4 is 5.32 Å². The lowest BCUT2D eigenvalue weighted by Gasteiger charge is -2.36. The molecule has 3 rings (SSSR count). The molecule has 0 saturated heterocycles. The van der Waals surface area contributed by atoms with Gasteiger partial charge in [-0.2, -0.15) is 0 Å². The van der Waals surface area contributed by atoms with Crippen LogP contribution in [0, 0.1) is 0 Å². The Morgan fingerprint density at radius 3 is 0.778 bits per heavy atom. The van der Waals surface area contributed by atoms with Gasteiger partial charge in [0.15, 0.2) is 0 Å². The first-order valence-electron chi connectivity index (χ1n) is 19.1. The minimum Gasteiger partial charge on any atom is -0.378 e. The molecule has 0 spiro atoms. The number of ether oxygens (including phenoxy) is 11. The molecule has 0 heterocycles. The van der Waals surface area contributed by atoms with E-state index in [1.165, 1.54) is 0 Å². The number of benzene rings is 3. The van der Waals surface area contributed by atoms with E-state index in [2.05, 4.69) is 41.7 Å². The SMILES string of the molecule is CNCCOCCOCCOCCOCCOCCOCCOCCOCCOCCOCCOC(c1ccccc1)(c1ccccc1)c1ccccc1. The summed E-state index contributed by atoms with van der Waals surface area (Å²) in [5, 5.41) is 3.02. The minimum atomic E-state index is -0.750. The Morgan fingerprint density at radius 1 is 0.315 bits per heavy atom. The van der Waals surface area contributed by atoms with Crippen molar-refractivity contribution in [1.82, 2.24) is 5.32 Å². The van der Waals surface area contributed by atoms with Gasteiger partial charge in [0.05, 0.1) is 139 Å². The molecule has 3 aromatic carbocycles. The highest BCUT2D eigenvalue weighted by Crippen LogP contribution is 2.40. The van der Waals surface area contributed by atoms with Crippen molar-refractivity contribution >= 4 is 0 Å². The van der Waals surface area contributed by atoms with Gasteiger partial charge < -0.3 is 57.4 Å². The first-order valence-corrected chi connectivity index (χ1v) is 19.1. The molecule has 3 aromatic rings. The summed E-state index contributed by atoms with van der Waals surface area (Å²) in [6.45, 7) is 11.7. The van der Waals surface area contributed by atoms with E-state index < -0.39 is 5.60 Å². The van der Waals surface area contributed by atoms with Crippen LogP contribution in [0.5, 0.6) is 0 Å². The van der Waals surface area contributed by atoms with Crippen LogP contribution >= 0.6 is 0 Å². The smallest absolute Gasteiger partial charge is 0.143 e. The van der Waals surface area contributed by atoms with Crippen LogP contribution in [0.1, 0.15) is 16.7 Å². The molecule has 0 saturated carbocycles. The summed E-state index contributed by atoms with van der Waals surface area (Å²) in [5.74, 6) is 0. The third-order valence-corrected chi connectivity index (χ3v) is 7.93. The quantitative estimate of drug-likeness (QED) is 0.0666. The van der Waals surface area contributed by atoms with Crippen molar-refractivity contribution in [2.24, 2.45) is 0 Å². The molecule has 0 aromatic heterocycles. The number of hydrogen-bond acceptors (Lipinski definition) is 12. The molecule has 0 fully saturated rings. The van der Waals surface area contributed by atoms with Gasteiger partial charge in [0.2, 0.25) is 0 Å². The maximum absolute atomic E-state index is 6.73. The Bertz CT molecular complexity index is 1130. The molecule has 0 amide bonds. The fourth-order valence-electron chi connectivity index (χ4n) is 5.28. The lowest BCUT2D eigenvalue weighted by atomic mass is 9.80. The molecule has 0 bridgehead atoms. The van der Waals surface area contributed by atoms with E-state index in [0.717, 1.165) is 23.2 Å². The average molecular weight is 758 g/mol. The highest BCUT2D eigenvalue weighted by molar-refractivity contribution is 5.47. The van der Waals surface area contributed by atoms with Crippen LogP contribution in [0.4, 0.5) is 0 Å². The van der Waals surface area contributed by atoms with Gasteiger partial charge in [-0.05, 0) is 23.7 Å². The first-order chi connectivity index (χ1) is 26.9. The summed E-state index contributed by atoms with van der Waals surface area (Å²) in [6.07, 6.45) is 0. The third kappa shape index (κ3) is 20.2. The highest BCUT2D eigenvalue weighted by atomic mass is 16.6. The van der Waals surface area contributed by atoms with E-state index in [-0.39, 0.29) is 0 Å². The van der Waals surface area contributed by atoms with Gasteiger partial charge in [-0.3, -0.25) is 0 Å². The molecule has 0 atom stereocenters. The maximum atomic E-state index is 6.73. The van der Waals surface area contributed by atoms with Gasteiger partial charge in [0.1, 0.15) is 5.60 Å². The van der Waals surface area contributed by atoms with Gasteiger partial charge in [-0.1, -0.05) is 91.0 Å². The van der Waals surface area contributed by atoms with Crippen LogP contribution in [0.25, 0.3) is 0 Å². The van der Waals surface area contributed by atoms with E-state index in [1.807, 2.05) is 61.6 Å². The summed E-state index contributed by atoms with van der Waals surface area (Å²) in [4.78, 5) is 0. The second-order valence-electron chi connectivity index (χ2n) is 11.9. The Hall–Kier alpha value is -2.82. The molecule has 0 aliphatic heterocycles. The molecule has 302 valence electrons. The van der Waals surface area contributed by atoms with Gasteiger partial charge in [-0.15, -0.1) is 0 Å². The largest absolute Gasteiger partial charge is 0.378 e. The fraction of sp³-hybridized carbons (Fsp3) is 0.571. The van der Waals surface area contributed by atoms with Crippen molar-refractivity contribution in [3.05, 3.63) is 108 Å². The molecule has 0 aliphatic carbocycles. The molecule has 0 unspecified atom stereocenters. The van der Waals surface area contributed by atoms with E-state index >= 15 is 0 Å². The van der Waals surface area contributed by atoms with Crippen molar-refractivity contribution in [2.75, 3.05) is 152 Å². The van der Waals surface area contributed by atoms with E-state index in [0.29, 0.717) is 139 Å². The Kier molecular flexibility index (Phi) is 27.4. The van der Waals surface area contributed by atoms with Crippen molar-refractivity contribution in [3.8, 4) is 0 Å². The summed E-state index contributed by atoms with van der Waals surface area (Å²) in [7, 11) is 1.90. The fourth-order valence-corrected chi connectivity index (χ4v) is 5.28. The van der Waals surface area contributed by atoms with Crippen LogP contribution in [0.3, 0.4) is 0 Å². The summed E-state index contributed by atoms with van der Waals surface area (Å²) >= 11 is 0. The topological polar surface area (TPSA) is 114 Å². The van der Waals surface area contributed by atoms with Gasteiger partial charge in [0, 0.05) is 6.54 Å².